The first-order valence-corrected chi connectivity index (χ1v) is 6.29. The van der Waals surface area contributed by atoms with E-state index in [0.717, 1.165) is 0 Å². The molecule has 2 rings (SSSR count). The van der Waals surface area contributed by atoms with Crippen LogP contribution in [0.25, 0.3) is 0 Å². The second-order valence-corrected chi connectivity index (χ2v) is 4.61. The number of rotatable bonds is 3. The lowest BCUT2D eigenvalue weighted by molar-refractivity contribution is -0.114. The predicted octanol–water partition coefficient (Wildman–Crippen LogP) is 3.02. The third kappa shape index (κ3) is 3.88. The summed E-state index contributed by atoms with van der Waals surface area (Å²) in [6.07, 6.45) is 5.44. The Kier molecular flexibility index (Phi) is 4.32. The number of nitrogens with zero attached hydrogens (tertiary/aromatic N) is 4. The van der Waals surface area contributed by atoms with Crippen LogP contribution in [-0.4, -0.2) is 29.8 Å². The minimum atomic E-state index is -0.504. The average molecular weight is 289 g/mol. The first kappa shape index (κ1) is 14.7. The fraction of sp³-hybridized carbons (Fsp3) is 0.214. The Balaban J connectivity index is 2.22. The van der Waals surface area contributed by atoms with Crippen LogP contribution in [0.5, 0.6) is 0 Å². The van der Waals surface area contributed by atoms with Gasteiger partial charge in [0.15, 0.2) is 11.6 Å². The van der Waals surface area contributed by atoms with Gasteiger partial charge in [0.05, 0.1) is 0 Å². The maximum atomic E-state index is 13.7. The maximum Gasteiger partial charge on any atom is 0.221 e. The summed E-state index contributed by atoms with van der Waals surface area (Å²) in [4.78, 5) is 14.6. The Labute approximate surface area is 122 Å². The standard InChI is InChI=1S/C14H16FN5O/c1-10(21)16-11-4-5-12(15)13(8-11)17-18-14-9-19(2)6-7-20(14)3/h4-9H,1-3H3,(H,16,21). The van der Waals surface area contributed by atoms with E-state index >= 15 is 0 Å². The third-order valence-electron chi connectivity index (χ3n) is 2.73. The second kappa shape index (κ2) is 6.17. The Hall–Kier alpha value is -2.70. The molecule has 1 heterocycles. The molecule has 6 nitrogen and oxygen atoms in total. The van der Waals surface area contributed by atoms with Gasteiger partial charge in [-0.15, -0.1) is 10.2 Å². The zero-order valence-electron chi connectivity index (χ0n) is 12.0. The summed E-state index contributed by atoms with van der Waals surface area (Å²) in [5, 5.41) is 10.5. The first-order valence-electron chi connectivity index (χ1n) is 6.29. The molecule has 7 heteroatoms. The van der Waals surface area contributed by atoms with Gasteiger partial charge in [-0.25, -0.2) is 4.39 Å². The van der Waals surface area contributed by atoms with Crippen molar-refractivity contribution < 1.29 is 9.18 Å². The molecular formula is C14H16FN5O. The van der Waals surface area contributed by atoms with Gasteiger partial charge in [-0.1, -0.05) is 0 Å². The number of carbonyl (C=O) groups excluding carboxylic acids is 1. The molecule has 0 aliphatic carbocycles. The summed E-state index contributed by atoms with van der Waals surface area (Å²) in [6, 6.07) is 4.14. The first-order chi connectivity index (χ1) is 9.95. The van der Waals surface area contributed by atoms with Crippen molar-refractivity contribution in [3.8, 4) is 0 Å². The van der Waals surface area contributed by atoms with Gasteiger partial charge in [0.2, 0.25) is 5.91 Å². The van der Waals surface area contributed by atoms with Crippen molar-refractivity contribution in [2.24, 2.45) is 10.2 Å². The molecule has 0 saturated heterocycles. The molecule has 1 amide bonds. The summed E-state index contributed by atoms with van der Waals surface area (Å²) >= 11 is 0. The van der Waals surface area contributed by atoms with Gasteiger partial charge in [0.1, 0.15) is 5.69 Å². The van der Waals surface area contributed by atoms with E-state index in [9.17, 15) is 9.18 Å². The number of carbonyl (C=O) groups is 1. The lowest BCUT2D eigenvalue weighted by Crippen LogP contribution is -2.18. The fourth-order valence-corrected chi connectivity index (χ4v) is 1.67. The van der Waals surface area contributed by atoms with Crippen LogP contribution in [-0.2, 0) is 4.79 Å². The molecule has 21 heavy (non-hydrogen) atoms. The zero-order valence-corrected chi connectivity index (χ0v) is 12.0. The molecule has 1 aliphatic heterocycles. The van der Waals surface area contributed by atoms with E-state index in [1.165, 1.54) is 25.1 Å². The number of amides is 1. The molecule has 110 valence electrons. The minimum absolute atomic E-state index is 0.0627. The van der Waals surface area contributed by atoms with Crippen molar-refractivity contribution in [1.29, 1.82) is 0 Å². The number of nitrogens with one attached hydrogen (secondary N) is 1. The Morgan fingerprint density at radius 2 is 2.00 bits per heavy atom. The number of anilines is 1. The van der Waals surface area contributed by atoms with Crippen LogP contribution in [0.15, 0.2) is 52.8 Å². The average Bonchev–Trinajstić information content (AvgIpc) is 2.42. The molecule has 0 spiro atoms. The van der Waals surface area contributed by atoms with Crippen LogP contribution in [0.1, 0.15) is 6.92 Å². The molecule has 0 bridgehead atoms. The van der Waals surface area contributed by atoms with Crippen LogP contribution >= 0.6 is 0 Å². The summed E-state index contributed by atoms with van der Waals surface area (Å²) in [5.74, 6) is -0.161. The van der Waals surface area contributed by atoms with E-state index in [2.05, 4.69) is 15.5 Å². The topological polar surface area (TPSA) is 60.3 Å². The predicted molar refractivity (Wildman–Crippen MR) is 78.0 cm³/mol. The lowest BCUT2D eigenvalue weighted by Gasteiger charge is -2.21. The Morgan fingerprint density at radius 3 is 2.71 bits per heavy atom. The maximum absolute atomic E-state index is 13.7. The van der Waals surface area contributed by atoms with Crippen molar-refractivity contribution in [3.63, 3.8) is 0 Å². The van der Waals surface area contributed by atoms with Gasteiger partial charge in [-0.05, 0) is 18.2 Å². The van der Waals surface area contributed by atoms with E-state index < -0.39 is 5.82 Å². The zero-order chi connectivity index (χ0) is 15.4. The van der Waals surface area contributed by atoms with Crippen molar-refractivity contribution in [2.45, 2.75) is 6.92 Å². The molecule has 0 atom stereocenters. The van der Waals surface area contributed by atoms with E-state index in [-0.39, 0.29) is 11.6 Å². The highest BCUT2D eigenvalue weighted by Crippen LogP contribution is 2.24. The van der Waals surface area contributed by atoms with Crippen LogP contribution in [0.4, 0.5) is 15.8 Å². The summed E-state index contributed by atoms with van der Waals surface area (Å²) in [7, 11) is 3.68. The van der Waals surface area contributed by atoms with Gasteiger partial charge in [-0.2, -0.15) is 0 Å². The molecule has 0 aromatic heterocycles. The van der Waals surface area contributed by atoms with Gasteiger partial charge in [0, 0.05) is 45.3 Å². The van der Waals surface area contributed by atoms with Crippen LogP contribution in [0.2, 0.25) is 0 Å². The lowest BCUT2D eigenvalue weighted by atomic mass is 10.2. The molecule has 0 radical (unpaired) electrons. The molecule has 0 unspecified atom stereocenters. The van der Waals surface area contributed by atoms with E-state index in [1.54, 1.807) is 11.1 Å². The Bertz CT molecular complexity index is 638. The quantitative estimate of drug-likeness (QED) is 0.870. The molecule has 0 saturated carbocycles. The number of azo groups is 1. The molecule has 0 fully saturated rings. The van der Waals surface area contributed by atoms with E-state index in [4.69, 9.17) is 0 Å². The van der Waals surface area contributed by atoms with Crippen LogP contribution in [0, 0.1) is 5.82 Å². The molecule has 1 aliphatic rings. The SMILES string of the molecule is CC(=O)Nc1ccc(F)c(N=NC2=CN(C)C=CN2C)c1. The minimum Gasteiger partial charge on any atom is -0.352 e. The van der Waals surface area contributed by atoms with E-state index in [1.807, 2.05) is 31.4 Å². The summed E-state index contributed by atoms with van der Waals surface area (Å²) in [6.45, 7) is 1.38. The second-order valence-electron chi connectivity index (χ2n) is 4.61. The van der Waals surface area contributed by atoms with Gasteiger partial charge >= 0.3 is 0 Å². The highest BCUT2D eigenvalue weighted by atomic mass is 19.1. The molecule has 1 aromatic rings. The highest BCUT2D eigenvalue weighted by molar-refractivity contribution is 5.89. The molecule has 1 N–H and O–H groups in total. The fourth-order valence-electron chi connectivity index (χ4n) is 1.67. The van der Waals surface area contributed by atoms with Crippen molar-refractivity contribution in [3.05, 3.63) is 48.4 Å². The van der Waals surface area contributed by atoms with Gasteiger partial charge in [-0.3, -0.25) is 4.79 Å². The largest absolute Gasteiger partial charge is 0.352 e. The number of hydrogen-bond donors (Lipinski definition) is 1. The Morgan fingerprint density at radius 1 is 1.24 bits per heavy atom. The smallest absolute Gasteiger partial charge is 0.221 e. The molecular weight excluding hydrogens is 273 g/mol. The van der Waals surface area contributed by atoms with Crippen LogP contribution < -0.4 is 5.32 Å². The number of halogens is 1. The molecule has 1 aromatic carbocycles. The highest BCUT2D eigenvalue weighted by Gasteiger charge is 2.08. The third-order valence-corrected chi connectivity index (χ3v) is 2.73. The van der Waals surface area contributed by atoms with Crippen molar-refractivity contribution in [1.82, 2.24) is 9.80 Å². The van der Waals surface area contributed by atoms with Gasteiger partial charge in [0.25, 0.3) is 0 Å². The summed E-state index contributed by atoms with van der Waals surface area (Å²) < 4.78 is 13.7. The number of hydrogen-bond acceptors (Lipinski definition) is 5. The van der Waals surface area contributed by atoms with E-state index in [0.29, 0.717) is 11.5 Å². The normalized spacial score (nSPS) is 14.6. The van der Waals surface area contributed by atoms with Crippen molar-refractivity contribution >= 4 is 17.3 Å². The van der Waals surface area contributed by atoms with Gasteiger partial charge < -0.3 is 15.1 Å². The number of benzene rings is 1. The summed E-state index contributed by atoms with van der Waals surface area (Å²) in [5.41, 5.74) is 0.536. The monoisotopic (exact) mass is 289 g/mol. The van der Waals surface area contributed by atoms with Crippen molar-refractivity contribution in [2.75, 3.05) is 19.4 Å². The van der Waals surface area contributed by atoms with Crippen LogP contribution in [0.3, 0.4) is 0 Å².